The molecule has 0 saturated carbocycles. The molecule has 2 rings (SSSR count). The largest absolute Gasteiger partial charge is 0.492 e. The Balaban J connectivity index is 1.77. The zero-order valence-electron chi connectivity index (χ0n) is 18.5. The number of unbranched alkanes of at least 4 members (excludes halogenated alkanes) is 7. The summed E-state index contributed by atoms with van der Waals surface area (Å²) in [6.45, 7) is 5.25. The topological polar surface area (TPSA) is 9.23 Å². The Labute approximate surface area is 183 Å². The quantitative estimate of drug-likeness (QED) is 0.265. The first kappa shape index (κ1) is 23.8. The van der Waals surface area contributed by atoms with E-state index in [1.165, 1.54) is 74.5 Å². The molecule has 0 aliphatic heterocycles. The van der Waals surface area contributed by atoms with E-state index in [0.29, 0.717) is 0 Å². The van der Waals surface area contributed by atoms with Crippen LogP contribution in [0.5, 0.6) is 5.75 Å². The minimum Gasteiger partial charge on any atom is -0.492 e. The number of rotatable bonds is 15. The molecule has 2 aromatic rings. The van der Waals surface area contributed by atoms with Crippen molar-refractivity contribution >= 4 is 11.6 Å². The molecule has 0 spiro atoms. The average molecular weight is 415 g/mol. The van der Waals surface area contributed by atoms with E-state index in [4.69, 9.17) is 16.3 Å². The van der Waals surface area contributed by atoms with Gasteiger partial charge in [-0.2, -0.15) is 0 Å². The van der Waals surface area contributed by atoms with Crippen molar-refractivity contribution in [3.63, 3.8) is 0 Å². The van der Waals surface area contributed by atoms with Crippen molar-refractivity contribution in [3.8, 4) is 5.75 Å². The van der Waals surface area contributed by atoms with Crippen LogP contribution in [0.2, 0.25) is 5.02 Å². The number of hydrogen-bond donors (Lipinski definition) is 0. The van der Waals surface area contributed by atoms with Crippen LogP contribution in [-0.4, -0.2) is 6.61 Å². The highest BCUT2D eigenvalue weighted by Gasteiger charge is 2.05. The van der Waals surface area contributed by atoms with Crippen molar-refractivity contribution in [1.82, 2.24) is 0 Å². The van der Waals surface area contributed by atoms with Crippen LogP contribution < -0.4 is 4.74 Å². The summed E-state index contributed by atoms with van der Waals surface area (Å²) < 4.78 is 5.85. The van der Waals surface area contributed by atoms with Gasteiger partial charge in [0.2, 0.25) is 0 Å². The van der Waals surface area contributed by atoms with Crippen molar-refractivity contribution in [2.45, 2.75) is 90.9 Å². The molecule has 0 bridgehead atoms. The van der Waals surface area contributed by atoms with Crippen molar-refractivity contribution in [1.29, 1.82) is 0 Å². The van der Waals surface area contributed by atoms with E-state index >= 15 is 0 Å². The predicted octanol–water partition coefficient (Wildman–Crippen LogP) is 8.60. The van der Waals surface area contributed by atoms with Gasteiger partial charge in [-0.25, -0.2) is 0 Å². The van der Waals surface area contributed by atoms with Crippen LogP contribution in [0.3, 0.4) is 0 Å². The maximum Gasteiger partial charge on any atom is 0.137 e. The molecule has 0 radical (unpaired) electrons. The van der Waals surface area contributed by atoms with E-state index in [9.17, 15) is 0 Å². The molecular weight excluding hydrogens is 376 g/mol. The second kappa shape index (κ2) is 14.5. The van der Waals surface area contributed by atoms with Crippen LogP contribution >= 0.6 is 11.6 Å². The summed E-state index contributed by atoms with van der Waals surface area (Å²) in [5, 5.41) is 0.735. The summed E-state index contributed by atoms with van der Waals surface area (Å²) in [6.07, 6.45) is 14.8. The highest BCUT2D eigenvalue weighted by atomic mass is 35.5. The Morgan fingerprint density at radius 3 is 1.97 bits per heavy atom. The summed E-state index contributed by atoms with van der Waals surface area (Å²) in [5.41, 5.74) is 4.17. The predicted molar refractivity (Wildman–Crippen MR) is 127 cm³/mol. The summed E-state index contributed by atoms with van der Waals surface area (Å²) >= 11 is 6.44. The van der Waals surface area contributed by atoms with E-state index in [-0.39, 0.29) is 0 Å². The van der Waals surface area contributed by atoms with Gasteiger partial charge in [-0.05, 0) is 60.9 Å². The van der Waals surface area contributed by atoms with Gasteiger partial charge in [0.05, 0.1) is 11.6 Å². The van der Waals surface area contributed by atoms with E-state index in [1.54, 1.807) is 0 Å². The molecule has 0 heterocycles. The zero-order valence-corrected chi connectivity index (χ0v) is 19.3. The van der Waals surface area contributed by atoms with Crippen molar-refractivity contribution in [2.75, 3.05) is 6.61 Å². The molecule has 0 N–H and O–H groups in total. The maximum atomic E-state index is 6.44. The third kappa shape index (κ3) is 9.72. The number of ether oxygens (including phenoxy) is 1. The Morgan fingerprint density at radius 1 is 0.655 bits per heavy atom. The number of hydrogen-bond acceptors (Lipinski definition) is 1. The summed E-state index contributed by atoms with van der Waals surface area (Å²) in [7, 11) is 0. The second-order valence-electron chi connectivity index (χ2n) is 8.16. The SMILES string of the molecule is CCCCCCCc1cccc(CCc2ccc(OCCCCCC)c(Cl)c2)c1. The number of aryl methyl sites for hydroxylation is 3. The molecule has 0 fully saturated rings. The molecule has 0 aliphatic carbocycles. The van der Waals surface area contributed by atoms with Crippen LogP contribution in [0.4, 0.5) is 0 Å². The highest BCUT2D eigenvalue weighted by Crippen LogP contribution is 2.26. The highest BCUT2D eigenvalue weighted by molar-refractivity contribution is 6.32. The molecule has 1 nitrogen and oxygen atoms in total. The lowest BCUT2D eigenvalue weighted by molar-refractivity contribution is 0.305. The van der Waals surface area contributed by atoms with Gasteiger partial charge in [-0.1, -0.05) is 101 Å². The molecule has 0 saturated heterocycles. The van der Waals surface area contributed by atoms with Gasteiger partial charge in [-0.3, -0.25) is 0 Å². The molecule has 2 aromatic carbocycles. The second-order valence-corrected chi connectivity index (χ2v) is 8.57. The van der Waals surface area contributed by atoms with Crippen LogP contribution in [0.25, 0.3) is 0 Å². The normalized spacial score (nSPS) is 11.0. The molecule has 0 unspecified atom stereocenters. The molecule has 0 amide bonds. The monoisotopic (exact) mass is 414 g/mol. The van der Waals surface area contributed by atoms with Crippen molar-refractivity contribution in [3.05, 3.63) is 64.2 Å². The van der Waals surface area contributed by atoms with E-state index in [2.05, 4.69) is 50.2 Å². The molecule has 2 heteroatoms. The third-order valence-electron chi connectivity index (χ3n) is 5.51. The van der Waals surface area contributed by atoms with Crippen molar-refractivity contribution in [2.24, 2.45) is 0 Å². The molecule has 160 valence electrons. The van der Waals surface area contributed by atoms with Gasteiger partial charge in [0.25, 0.3) is 0 Å². The molecular formula is C27H39ClO. The summed E-state index contributed by atoms with van der Waals surface area (Å²) in [4.78, 5) is 0. The fourth-order valence-corrected chi connectivity index (χ4v) is 3.95. The zero-order chi connectivity index (χ0) is 20.7. The lowest BCUT2D eigenvalue weighted by Gasteiger charge is -2.10. The van der Waals surface area contributed by atoms with E-state index < -0.39 is 0 Å². The van der Waals surface area contributed by atoms with Gasteiger partial charge < -0.3 is 4.74 Å². The lowest BCUT2D eigenvalue weighted by atomic mass is 10.00. The van der Waals surface area contributed by atoms with E-state index in [1.807, 2.05) is 6.07 Å². The smallest absolute Gasteiger partial charge is 0.137 e. The first-order valence-electron chi connectivity index (χ1n) is 11.7. The first-order chi connectivity index (χ1) is 14.2. The average Bonchev–Trinajstić information content (AvgIpc) is 2.73. The van der Waals surface area contributed by atoms with E-state index in [0.717, 1.165) is 36.6 Å². The molecule has 0 atom stereocenters. The van der Waals surface area contributed by atoms with Crippen LogP contribution in [-0.2, 0) is 19.3 Å². The lowest BCUT2D eigenvalue weighted by Crippen LogP contribution is -1.99. The van der Waals surface area contributed by atoms with Gasteiger partial charge in [0, 0.05) is 0 Å². The Morgan fingerprint density at radius 2 is 1.28 bits per heavy atom. The van der Waals surface area contributed by atoms with Gasteiger partial charge >= 0.3 is 0 Å². The fraction of sp³-hybridized carbons (Fsp3) is 0.556. The Kier molecular flexibility index (Phi) is 11.9. The third-order valence-corrected chi connectivity index (χ3v) is 5.81. The first-order valence-corrected chi connectivity index (χ1v) is 12.1. The fourth-order valence-electron chi connectivity index (χ4n) is 3.69. The van der Waals surface area contributed by atoms with Gasteiger partial charge in [0.15, 0.2) is 0 Å². The maximum absolute atomic E-state index is 6.44. The minimum atomic E-state index is 0.735. The minimum absolute atomic E-state index is 0.735. The molecule has 0 aliphatic rings. The molecule has 0 aromatic heterocycles. The number of halogens is 1. The molecule has 29 heavy (non-hydrogen) atoms. The van der Waals surface area contributed by atoms with Gasteiger partial charge in [-0.15, -0.1) is 0 Å². The number of benzene rings is 2. The van der Waals surface area contributed by atoms with Gasteiger partial charge in [0.1, 0.15) is 5.75 Å². The standard InChI is InChI=1S/C27H39ClO/c1-3-5-7-9-10-13-23-14-12-15-24(21-23)16-17-25-18-19-27(26(28)22-25)29-20-11-8-6-4-2/h12,14-15,18-19,21-22H,3-11,13,16-17,20H2,1-2H3. The Bertz CT molecular complexity index is 695. The van der Waals surface area contributed by atoms with Crippen LogP contribution in [0.15, 0.2) is 42.5 Å². The van der Waals surface area contributed by atoms with Crippen molar-refractivity contribution < 1.29 is 4.74 Å². The van der Waals surface area contributed by atoms with Crippen LogP contribution in [0, 0.1) is 0 Å². The summed E-state index contributed by atoms with van der Waals surface area (Å²) in [6, 6.07) is 15.4. The van der Waals surface area contributed by atoms with Crippen LogP contribution in [0.1, 0.15) is 88.3 Å². The summed E-state index contributed by atoms with van der Waals surface area (Å²) in [5.74, 6) is 0.817. The Hall–Kier alpha value is -1.47.